The summed E-state index contributed by atoms with van der Waals surface area (Å²) in [5.41, 5.74) is 0. The van der Waals surface area contributed by atoms with Crippen molar-refractivity contribution in [3.05, 3.63) is 0 Å². The van der Waals surface area contributed by atoms with Gasteiger partial charge in [-0.15, -0.1) is 0 Å². The van der Waals surface area contributed by atoms with Gasteiger partial charge in [-0.2, -0.15) is 0 Å². The highest BCUT2D eigenvalue weighted by Gasteiger charge is 2.22. The molecular weight excluding hydrogens is 196 g/mol. The Morgan fingerprint density at radius 2 is 2.47 bits per heavy atom. The molecule has 1 aliphatic rings. The zero-order valence-electron chi connectivity index (χ0n) is 9.40. The molecule has 0 aliphatic carbocycles. The summed E-state index contributed by atoms with van der Waals surface area (Å²) in [5.74, 6) is -0.784. The number of hydrogen-bond acceptors (Lipinski definition) is 4. The lowest BCUT2D eigenvalue weighted by molar-refractivity contribution is -0.139. The predicted molar refractivity (Wildman–Crippen MR) is 57.0 cm³/mol. The third kappa shape index (κ3) is 3.77. The van der Waals surface area contributed by atoms with Crippen molar-refractivity contribution in [1.82, 2.24) is 10.2 Å². The number of carboxylic acid groups (broad SMARTS) is 1. The number of ether oxygens (including phenoxy) is 1. The molecule has 2 atom stereocenters. The molecule has 1 heterocycles. The zero-order chi connectivity index (χ0) is 11.3. The maximum atomic E-state index is 10.8. The lowest BCUT2D eigenvalue weighted by Gasteiger charge is -2.24. The molecule has 1 rings (SSSR count). The van der Waals surface area contributed by atoms with Gasteiger partial charge in [-0.05, 0) is 26.9 Å². The van der Waals surface area contributed by atoms with Crippen LogP contribution in [0.5, 0.6) is 0 Å². The molecule has 2 unspecified atom stereocenters. The summed E-state index contributed by atoms with van der Waals surface area (Å²) in [6.07, 6.45) is 1.67. The second-order valence-electron chi connectivity index (χ2n) is 3.97. The van der Waals surface area contributed by atoms with E-state index in [1.807, 2.05) is 7.05 Å². The van der Waals surface area contributed by atoms with Gasteiger partial charge in [0.05, 0.1) is 6.61 Å². The van der Waals surface area contributed by atoms with Gasteiger partial charge < -0.3 is 20.1 Å². The largest absolute Gasteiger partial charge is 0.480 e. The Bertz CT molecular complexity index is 205. The molecule has 0 radical (unpaired) electrons. The Labute approximate surface area is 90.4 Å². The molecule has 5 nitrogen and oxygen atoms in total. The predicted octanol–water partition coefficient (Wildman–Crippen LogP) is -0.230. The Hall–Kier alpha value is -0.650. The molecule has 1 saturated heterocycles. The minimum Gasteiger partial charge on any atom is -0.480 e. The number of carboxylic acids is 1. The number of rotatable bonds is 6. The van der Waals surface area contributed by atoms with Crippen LogP contribution in [0.1, 0.15) is 12.8 Å². The maximum absolute atomic E-state index is 10.8. The van der Waals surface area contributed by atoms with Crippen molar-refractivity contribution in [3.63, 3.8) is 0 Å². The normalized spacial score (nSPS) is 23.3. The van der Waals surface area contributed by atoms with E-state index in [0.717, 1.165) is 26.2 Å². The first kappa shape index (κ1) is 12.4. The summed E-state index contributed by atoms with van der Waals surface area (Å²) in [5, 5.41) is 11.6. The second-order valence-corrected chi connectivity index (χ2v) is 3.97. The highest BCUT2D eigenvalue weighted by atomic mass is 16.5. The van der Waals surface area contributed by atoms with E-state index in [4.69, 9.17) is 9.84 Å². The number of nitrogens with zero attached hydrogens (tertiary/aromatic N) is 1. The SMILES string of the molecule is CNC(CCN(C)C1CCOC1)C(=O)O. The van der Waals surface area contributed by atoms with Crippen molar-refractivity contribution < 1.29 is 14.6 Å². The van der Waals surface area contributed by atoms with Crippen molar-refractivity contribution in [2.75, 3.05) is 33.9 Å². The molecule has 88 valence electrons. The Balaban J connectivity index is 2.25. The summed E-state index contributed by atoms with van der Waals surface area (Å²) in [7, 11) is 3.70. The Morgan fingerprint density at radius 1 is 1.73 bits per heavy atom. The average Bonchev–Trinajstić information content (AvgIpc) is 2.70. The fraction of sp³-hybridized carbons (Fsp3) is 0.900. The molecule has 0 bridgehead atoms. The lowest BCUT2D eigenvalue weighted by Crippen LogP contribution is -2.40. The van der Waals surface area contributed by atoms with Gasteiger partial charge in [0.1, 0.15) is 6.04 Å². The van der Waals surface area contributed by atoms with E-state index in [0.29, 0.717) is 12.5 Å². The van der Waals surface area contributed by atoms with Crippen LogP contribution in [-0.2, 0) is 9.53 Å². The maximum Gasteiger partial charge on any atom is 0.320 e. The summed E-state index contributed by atoms with van der Waals surface area (Å²) >= 11 is 0. The van der Waals surface area contributed by atoms with Crippen LogP contribution in [0.4, 0.5) is 0 Å². The van der Waals surface area contributed by atoms with Crippen molar-refractivity contribution in [3.8, 4) is 0 Å². The van der Waals surface area contributed by atoms with Crippen molar-refractivity contribution in [1.29, 1.82) is 0 Å². The molecule has 0 aromatic rings. The standard InChI is InChI=1S/C10H20N2O3/c1-11-9(10(13)14)3-5-12(2)8-4-6-15-7-8/h8-9,11H,3-7H2,1-2H3,(H,13,14). The van der Waals surface area contributed by atoms with Crippen molar-refractivity contribution >= 4 is 5.97 Å². The van der Waals surface area contributed by atoms with Gasteiger partial charge in [0.2, 0.25) is 0 Å². The van der Waals surface area contributed by atoms with Crippen LogP contribution < -0.4 is 5.32 Å². The summed E-state index contributed by atoms with van der Waals surface area (Å²) in [6.45, 7) is 2.38. The fourth-order valence-electron chi connectivity index (χ4n) is 1.78. The van der Waals surface area contributed by atoms with E-state index in [-0.39, 0.29) is 0 Å². The third-order valence-electron chi connectivity index (χ3n) is 2.95. The number of nitrogens with one attached hydrogen (secondary N) is 1. The van der Waals surface area contributed by atoms with Crippen LogP contribution in [0, 0.1) is 0 Å². The molecule has 1 aliphatic heterocycles. The molecule has 15 heavy (non-hydrogen) atoms. The highest BCUT2D eigenvalue weighted by Crippen LogP contribution is 2.11. The van der Waals surface area contributed by atoms with Gasteiger partial charge in [0.15, 0.2) is 0 Å². The summed E-state index contributed by atoms with van der Waals surface area (Å²) in [4.78, 5) is 12.9. The molecule has 0 saturated carbocycles. The molecule has 1 fully saturated rings. The first-order valence-corrected chi connectivity index (χ1v) is 5.33. The van der Waals surface area contributed by atoms with Gasteiger partial charge in [0, 0.05) is 19.2 Å². The Kier molecular flexibility index (Phi) is 5.01. The first-order chi connectivity index (χ1) is 7.15. The Morgan fingerprint density at radius 3 is 2.93 bits per heavy atom. The van der Waals surface area contributed by atoms with E-state index < -0.39 is 12.0 Å². The zero-order valence-corrected chi connectivity index (χ0v) is 9.40. The van der Waals surface area contributed by atoms with Gasteiger partial charge in [-0.3, -0.25) is 4.79 Å². The topological polar surface area (TPSA) is 61.8 Å². The van der Waals surface area contributed by atoms with Crippen LogP contribution in [-0.4, -0.2) is 61.9 Å². The molecule has 0 aromatic carbocycles. The van der Waals surface area contributed by atoms with Gasteiger partial charge in [-0.25, -0.2) is 0 Å². The van der Waals surface area contributed by atoms with Gasteiger partial charge >= 0.3 is 5.97 Å². The first-order valence-electron chi connectivity index (χ1n) is 5.33. The van der Waals surface area contributed by atoms with E-state index in [2.05, 4.69) is 10.2 Å². The van der Waals surface area contributed by atoms with Crippen LogP contribution in [0.25, 0.3) is 0 Å². The van der Waals surface area contributed by atoms with Gasteiger partial charge in [-0.1, -0.05) is 0 Å². The van der Waals surface area contributed by atoms with E-state index in [1.54, 1.807) is 7.05 Å². The van der Waals surface area contributed by atoms with Crippen molar-refractivity contribution in [2.45, 2.75) is 24.9 Å². The number of carbonyl (C=O) groups is 1. The lowest BCUT2D eigenvalue weighted by atomic mass is 10.1. The fourth-order valence-corrected chi connectivity index (χ4v) is 1.78. The molecule has 2 N–H and O–H groups in total. The number of aliphatic carboxylic acids is 1. The van der Waals surface area contributed by atoms with E-state index >= 15 is 0 Å². The highest BCUT2D eigenvalue weighted by molar-refractivity contribution is 5.73. The monoisotopic (exact) mass is 216 g/mol. The summed E-state index contributed by atoms with van der Waals surface area (Å²) < 4.78 is 5.29. The van der Waals surface area contributed by atoms with Gasteiger partial charge in [0.25, 0.3) is 0 Å². The molecule has 0 amide bonds. The van der Waals surface area contributed by atoms with E-state index in [1.165, 1.54) is 0 Å². The minimum absolute atomic E-state index is 0.449. The minimum atomic E-state index is -0.784. The quantitative estimate of drug-likeness (QED) is 0.642. The second kappa shape index (κ2) is 6.05. The third-order valence-corrected chi connectivity index (χ3v) is 2.95. The summed E-state index contributed by atoms with van der Waals surface area (Å²) in [6, 6.07) is 0.00562. The van der Waals surface area contributed by atoms with Crippen LogP contribution in [0.15, 0.2) is 0 Å². The smallest absolute Gasteiger partial charge is 0.320 e. The van der Waals surface area contributed by atoms with E-state index in [9.17, 15) is 4.79 Å². The van der Waals surface area contributed by atoms with Crippen LogP contribution >= 0.6 is 0 Å². The average molecular weight is 216 g/mol. The molecular formula is C10H20N2O3. The number of likely N-dealkylation sites (N-methyl/N-ethyl adjacent to an activating group) is 2. The van der Waals surface area contributed by atoms with Crippen molar-refractivity contribution in [2.24, 2.45) is 0 Å². The molecule has 5 heteroatoms. The molecule has 0 spiro atoms. The molecule has 0 aromatic heterocycles. The van der Waals surface area contributed by atoms with Crippen LogP contribution in [0.3, 0.4) is 0 Å². The van der Waals surface area contributed by atoms with Crippen LogP contribution in [0.2, 0.25) is 0 Å². The number of hydrogen-bond donors (Lipinski definition) is 2.